The van der Waals surface area contributed by atoms with Gasteiger partial charge in [-0.05, 0) is 207 Å². The fourth-order valence-electron chi connectivity index (χ4n) is 12.4. The van der Waals surface area contributed by atoms with Gasteiger partial charge in [-0.15, -0.1) is 45.3 Å². The van der Waals surface area contributed by atoms with Gasteiger partial charge in [0.1, 0.15) is 45.8 Å². The van der Waals surface area contributed by atoms with Crippen molar-refractivity contribution >= 4 is 98.8 Å². The Labute approximate surface area is 580 Å². The maximum absolute atomic E-state index is 13.8. The number of carbonyl (C=O) groups excluding carboxylic acids is 3. The van der Waals surface area contributed by atoms with Crippen molar-refractivity contribution in [3.05, 3.63) is 246 Å². The molecule has 6 aromatic heterocycles. The SMILES string of the molecule is Cc1cc(O)cc(C)c1C(=O)c1sc2cc(O)ccc2c1-c1ccc(-c2nc(N)co2)cc1.Cc1cc(O)cc(C)c1C(=O)c1sc2cc(O)ccc2c1-c1ccc(-c2nc(O)co2)cc1.Cc1cc(O)cc(C)c1C(=O)c1sc2cc(O)ccc2c1-c1ccc(-c2nc(O)cs2)cc1. The highest BCUT2D eigenvalue weighted by Crippen LogP contribution is 2.47. The van der Waals surface area contributed by atoms with Crippen molar-refractivity contribution in [1.29, 1.82) is 0 Å². The number of nitrogens with zero attached hydrogens (tertiary/aromatic N) is 3. The molecule has 0 aliphatic heterocycles. The Morgan fingerprint density at radius 3 is 0.960 bits per heavy atom. The summed E-state index contributed by atoms with van der Waals surface area (Å²) in [5, 5.41) is 83.7. The smallest absolute Gasteiger partial charge is 0.250 e. The molecule has 0 spiro atoms. The van der Waals surface area contributed by atoms with Crippen LogP contribution in [0.1, 0.15) is 79.1 Å². The van der Waals surface area contributed by atoms with E-state index in [1.165, 1.54) is 57.9 Å². The van der Waals surface area contributed by atoms with Crippen LogP contribution in [0.3, 0.4) is 0 Å². The molecule has 99 heavy (non-hydrogen) atoms. The number of anilines is 1. The van der Waals surface area contributed by atoms with Crippen molar-refractivity contribution in [2.24, 2.45) is 0 Å². The topological polar surface area (TPSA) is 304 Å². The summed E-state index contributed by atoms with van der Waals surface area (Å²) >= 11 is 5.37. The zero-order valence-corrected chi connectivity index (χ0v) is 56.8. The van der Waals surface area contributed by atoms with E-state index in [0.717, 1.165) is 74.8 Å². The van der Waals surface area contributed by atoms with Gasteiger partial charge in [-0.1, -0.05) is 48.5 Å². The van der Waals surface area contributed by atoms with Crippen molar-refractivity contribution in [2.45, 2.75) is 41.5 Å². The third-order valence-corrected chi connectivity index (χ3v) is 21.0. The largest absolute Gasteiger partial charge is 0.508 e. The Morgan fingerprint density at radius 2 is 0.667 bits per heavy atom. The molecule has 0 radical (unpaired) electrons. The molecule has 17 nitrogen and oxygen atoms in total. The molecule has 0 fully saturated rings. The lowest BCUT2D eigenvalue weighted by molar-refractivity contribution is 0.103. The molecule has 0 amide bonds. The van der Waals surface area contributed by atoms with Crippen LogP contribution in [-0.4, -0.2) is 73.2 Å². The number of hydrogen-bond donors (Lipinski definition) is 9. The summed E-state index contributed by atoms with van der Waals surface area (Å²) in [4.78, 5) is 55.2. The summed E-state index contributed by atoms with van der Waals surface area (Å²) < 4.78 is 13.1. The predicted octanol–water partition coefficient (Wildman–Crippen LogP) is 18.9. The van der Waals surface area contributed by atoms with Crippen LogP contribution in [0.2, 0.25) is 0 Å². The van der Waals surface area contributed by atoms with Crippen molar-refractivity contribution in [1.82, 2.24) is 15.0 Å². The monoisotopic (exact) mass is 1390 g/mol. The van der Waals surface area contributed by atoms with Crippen LogP contribution in [0.15, 0.2) is 191 Å². The van der Waals surface area contributed by atoms with Crippen molar-refractivity contribution < 1.29 is 64.1 Å². The van der Waals surface area contributed by atoms with Crippen LogP contribution in [0, 0.1) is 41.5 Å². The number of hydrogen-bond acceptors (Lipinski definition) is 21. The third kappa shape index (κ3) is 13.0. The first-order valence-electron chi connectivity index (χ1n) is 30.6. The number of phenolic OH excluding ortho intramolecular Hbond substituents is 6. The number of aromatic hydroxyl groups is 8. The molecule has 9 aromatic carbocycles. The van der Waals surface area contributed by atoms with Gasteiger partial charge in [0.25, 0.3) is 5.88 Å². The van der Waals surface area contributed by atoms with Crippen LogP contribution in [0.5, 0.6) is 46.3 Å². The average Bonchev–Trinajstić information content (AvgIpc) is 1.64. The minimum atomic E-state index is -0.190. The number of fused-ring (bicyclic) bond motifs is 3. The van der Waals surface area contributed by atoms with Crippen molar-refractivity contribution in [2.75, 3.05) is 5.73 Å². The molecule has 21 heteroatoms. The van der Waals surface area contributed by atoms with Gasteiger partial charge in [0.15, 0.2) is 12.1 Å². The number of aryl methyl sites for hydroxylation is 6. The summed E-state index contributed by atoms with van der Waals surface area (Å²) in [6.07, 6.45) is 2.56. The lowest BCUT2D eigenvalue weighted by Crippen LogP contribution is -2.06. The second-order valence-electron chi connectivity index (χ2n) is 23.6. The number of thiophene rings is 3. The van der Waals surface area contributed by atoms with Crippen molar-refractivity contribution in [3.63, 3.8) is 0 Å². The van der Waals surface area contributed by atoms with Crippen LogP contribution >= 0.6 is 45.3 Å². The average molecular weight is 1390 g/mol. The summed E-state index contributed by atoms with van der Waals surface area (Å²) in [5.74, 6) is 1.26. The molecule has 15 rings (SSSR count). The van der Waals surface area contributed by atoms with Gasteiger partial charge in [-0.3, -0.25) is 14.4 Å². The number of benzene rings is 9. The van der Waals surface area contributed by atoms with Gasteiger partial charge < -0.3 is 55.4 Å². The Hall–Kier alpha value is -11.9. The van der Waals surface area contributed by atoms with E-state index in [1.54, 1.807) is 92.0 Å². The van der Waals surface area contributed by atoms with Crippen LogP contribution < -0.4 is 5.73 Å². The lowest BCUT2D eigenvalue weighted by Gasteiger charge is -2.11. The molecule has 0 unspecified atom stereocenters. The first-order chi connectivity index (χ1) is 47.4. The van der Waals surface area contributed by atoms with Gasteiger partial charge in [0, 0.05) is 80.3 Å². The molecule has 0 bridgehead atoms. The summed E-state index contributed by atoms with van der Waals surface area (Å²) in [7, 11) is 0. The van der Waals surface area contributed by atoms with E-state index in [1.807, 2.05) is 119 Å². The second-order valence-corrected chi connectivity index (χ2v) is 27.7. The number of phenols is 6. The number of nitrogens with two attached hydrogens (primary N) is 1. The molecular formula is C78H58N4O13S4. The van der Waals surface area contributed by atoms with Crippen molar-refractivity contribution in [3.8, 4) is 113 Å². The Kier molecular flexibility index (Phi) is 17.7. The zero-order valence-electron chi connectivity index (χ0n) is 53.5. The normalized spacial score (nSPS) is 11.2. The number of nitrogen functional groups attached to an aromatic ring is 1. The lowest BCUT2D eigenvalue weighted by atomic mass is 9.93. The number of oxazole rings is 2. The van der Waals surface area contributed by atoms with E-state index in [0.29, 0.717) is 92.9 Å². The summed E-state index contributed by atoms with van der Waals surface area (Å²) in [6.45, 7) is 10.9. The molecule has 0 aliphatic carbocycles. The minimum Gasteiger partial charge on any atom is -0.508 e. The van der Waals surface area contributed by atoms with Gasteiger partial charge in [-0.2, -0.15) is 9.97 Å². The third-order valence-electron chi connectivity index (χ3n) is 16.6. The molecule has 6 heterocycles. The Bertz CT molecular complexity index is 5080. The minimum absolute atomic E-state index is 0.00441. The van der Waals surface area contributed by atoms with Gasteiger partial charge >= 0.3 is 0 Å². The highest BCUT2D eigenvalue weighted by molar-refractivity contribution is 7.22. The van der Waals surface area contributed by atoms with Crippen LogP contribution in [0.4, 0.5) is 5.82 Å². The summed E-state index contributed by atoms with van der Waals surface area (Å²) in [5.41, 5.74) is 18.8. The maximum Gasteiger partial charge on any atom is 0.250 e. The van der Waals surface area contributed by atoms with E-state index in [9.17, 15) is 55.2 Å². The maximum atomic E-state index is 13.8. The van der Waals surface area contributed by atoms with E-state index in [2.05, 4.69) is 15.0 Å². The predicted molar refractivity (Wildman–Crippen MR) is 390 cm³/mol. The number of thiazole rings is 1. The quantitative estimate of drug-likeness (QED) is 0.0514. The number of carbonyl (C=O) groups is 3. The Morgan fingerprint density at radius 1 is 0.354 bits per heavy atom. The molecule has 15 aromatic rings. The highest BCUT2D eigenvalue weighted by atomic mass is 32.1. The van der Waals surface area contributed by atoms with Gasteiger partial charge in [0.2, 0.25) is 35.0 Å². The molecular weight excluding hydrogens is 1330 g/mol. The van der Waals surface area contributed by atoms with E-state index >= 15 is 0 Å². The highest BCUT2D eigenvalue weighted by Gasteiger charge is 2.28. The number of ketones is 3. The Balaban J connectivity index is 0.000000133. The number of aromatic nitrogens is 3. The molecule has 0 saturated carbocycles. The first-order valence-corrected chi connectivity index (χ1v) is 33.9. The molecule has 10 N–H and O–H groups in total. The second kappa shape index (κ2) is 26.6. The van der Waals surface area contributed by atoms with Gasteiger partial charge in [0.05, 0.1) is 20.0 Å². The molecule has 0 aliphatic rings. The fraction of sp³-hybridized carbons (Fsp3) is 0.0769. The van der Waals surface area contributed by atoms with E-state index in [4.69, 9.17) is 14.6 Å². The first kappa shape index (κ1) is 65.8. The van der Waals surface area contributed by atoms with Gasteiger partial charge in [-0.25, -0.2) is 4.98 Å². The molecule has 0 atom stereocenters. The summed E-state index contributed by atoms with van der Waals surface area (Å²) in [6, 6.07) is 47.5. The van der Waals surface area contributed by atoms with E-state index in [-0.39, 0.29) is 63.6 Å². The van der Waals surface area contributed by atoms with Crippen LogP contribution in [0.25, 0.3) is 97.1 Å². The fourth-order valence-corrected chi connectivity index (χ4v) is 16.7. The zero-order chi connectivity index (χ0) is 69.8. The molecule has 0 saturated heterocycles. The van der Waals surface area contributed by atoms with E-state index < -0.39 is 0 Å². The number of rotatable bonds is 12. The van der Waals surface area contributed by atoms with Crippen LogP contribution in [-0.2, 0) is 0 Å². The molecule has 492 valence electrons. The standard InChI is InChI=1S/C26H20N2O4S.C26H19NO5S.C26H19NO4S2/c1-13-9-18(30)10-14(2)22(13)24(31)25-23(19-8-7-17(29)11-20(19)33-25)15-3-5-16(6-4-15)26-28-21(27)12-32-26;2*1-13-9-18(29)10-14(2)22(13)24(31)25-23(19-8-7-17(28)11-20(19)33-25)15-3-5-16(6-4-15)26-27-21(30)12-32-26/h3-12,29-30H,27H2,1-2H3;2*3-12,28-30H,1-2H3.